The first-order valence-electron chi connectivity index (χ1n) is 8.99. The number of amides is 1. The summed E-state index contributed by atoms with van der Waals surface area (Å²) in [5.74, 6) is 1.24. The number of rotatable bonds is 6. The largest absolute Gasteiger partial charge is 0.497 e. The second-order valence-corrected chi connectivity index (χ2v) is 7.71. The van der Waals surface area contributed by atoms with Crippen LogP contribution >= 0.6 is 11.3 Å². The van der Waals surface area contributed by atoms with Gasteiger partial charge in [0.15, 0.2) is 0 Å². The summed E-state index contributed by atoms with van der Waals surface area (Å²) in [5.41, 5.74) is 2.64. The van der Waals surface area contributed by atoms with Crippen molar-refractivity contribution in [3.05, 3.63) is 64.8 Å². The lowest BCUT2D eigenvalue weighted by atomic mass is 10.0. The highest BCUT2D eigenvalue weighted by Crippen LogP contribution is 2.41. The Morgan fingerprint density at radius 2 is 2.00 bits per heavy atom. The molecule has 1 aromatic carbocycles. The fraction of sp³-hybridized carbons (Fsp3) is 0.286. The van der Waals surface area contributed by atoms with E-state index in [1.54, 1.807) is 13.3 Å². The van der Waals surface area contributed by atoms with Gasteiger partial charge < -0.3 is 10.1 Å². The molecule has 3 aromatic rings. The van der Waals surface area contributed by atoms with Gasteiger partial charge in [0.1, 0.15) is 15.6 Å². The molecule has 1 saturated carbocycles. The first-order valence-corrected chi connectivity index (χ1v) is 9.81. The second-order valence-electron chi connectivity index (χ2n) is 6.71. The van der Waals surface area contributed by atoms with E-state index >= 15 is 0 Å². The molecule has 0 spiro atoms. The van der Waals surface area contributed by atoms with E-state index < -0.39 is 0 Å². The maximum atomic E-state index is 13.0. The van der Waals surface area contributed by atoms with E-state index in [4.69, 9.17) is 4.74 Å². The number of aromatic nitrogens is 2. The third-order valence-electron chi connectivity index (χ3n) is 4.74. The summed E-state index contributed by atoms with van der Waals surface area (Å²) in [7, 11) is 1.65. The first kappa shape index (κ1) is 17.7. The SMILES string of the molecule is COc1ccc([C@H](NC(=O)c2sc(-c3ccccn3)nc2C)C2CC2)cc1. The zero-order valence-corrected chi connectivity index (χ0v) is 16.1. The Morgan fingerprint density at radius 1 is 1.22 bits per heavy atom. The third kappa shape index (κ3) is 3.85. The minimum absolute atomic E-state index is 0.0169. The summed E-state index contributed by atoms with van der Waals surface area (Å²) in [6.07, 6.45) is 4.01. The van der Waals surface area contributed by atoms with E-state index in [1.165, 1.54) is 11.3 Å². The normalized spacial score (nSPS) is 14.6. The van der Waals surface area contributed by atoms with E-state index in [1.807, 2.05) is 49.4 Å². The fourth-order valence-electron chi connectivity index (χ4n) is 3.13. The molecule has 2 aromatic heterocycles. The molecule has 1 aliphatic carbocycles. The number of carbonyl (C=O) groups is 1. The van der Waals surface area contributed by atoms with Crippen molar-refractivity contribution in [3.8, 4) is 16.5 Å². The number of hydrogen-bond acceptors (Lipinski definition) is 5. The topological polar surface area (TPSA) is 64.1 Å². The van der Waals surface area contributed by atoms with Gasteiger partial charge in [-0.2, -0.15) is 0 Å². The fourth-order valence-corrected chi connectivity index (χ4v) is 4.07. The van der Waals surface area contributed by atoms with Crippen LogP contribution in [-0.4, -0.2) is 23.0 Å². The number of nitrogens with one attached hydrogen (secondary N) is 1. The van der Waals surface area contributed by atoms with Crippen molar-refractivity contribution in [1.29, 1.82) is 0 Å². The molecule has 1 fully saturated rings. The molecule has 2 heterocycles. The van der Waals surface area contributed by atoms with Crippen LogP contribution in [0.15, 0.2) is 48.7 Å². The van der Waals surface area contributed by atoms with E-state index in [-0.39, 0.29) is 11.9 Å². The smallest absolute Gasteiger partial charge is 0.263 e. The monoisotopic (exact) mass is 379 g/mol. The molecule has 0 unspecified atom stereocenters. The van der Waals surface area contributed by atoms with Crippen molar-refractivity contribution in [1.82, 2.24) is 15.3 Å². The lowest BCUT2D eigenvalue weighted by Crippen LogP contribution is -2.29. The zero-order valence-electron chi connectivity index (χ0n) is 15.3. The number of hydrogen-bond donors (Lipinski definition) is 1. The molecule has 0 saturated heterocycles. The molecule has 4 rings (SSSR count). The summed E-state index contributed by atoms with van der Waals surface area (Å²) in [6, 6.07) is 13.6. The molecule has 27 heavy (non-hydrogen) atoms. The van der Waals surface area contributed by atoms with Gasteiger partial charge in [0.2, 0.25) is 0 Å². The average molecular weight is 379 g/mol. The molecule has 1 amide bonds. The van der Waals surface area contributed by atoms with Crippen LogP contribution in [0.25, 0.3) is 10.7 Å². The molecule has 6 heteroatoms. The van der Waals surface area contributed by atoms with Crippen LogP contribution in [-0.2, 0) is 0 Å². The standard InChI is InChI=1S/C21H21N3O2S/c1-13-19(27-21(23-13)17-5-3-4-12-22-17)20(25)24-18(14-6-7-14)15-8-10-16(26-2)11-9-15/h3-5,8-12,14,18H,6-7H2,1-2H3,(H,24,25)/t18-/m1/s1. The maximum absolute atomic E-state index is 13.0. The van der Waals surface area contributed by atoms with Crippen LogP contribution in [0.2, 0.25) is 0 Å². The van der Waals surface area contributed by atoms with Crippen molar-refractivity contribution in [2.45, 2.75) is 25.8 Å². The van der Waals surface area contributed by atoms with Gasteiger partial charge in [-0.05, 0) is 55.5 Å². The van der Waals surface area contributed by atoms with Crippen LogP contribution < -0.4 is 10.1 Å². The van der Waals surface area contributed by atoms with Crippen LogP contribution in [0.5, 0.6) is 5.75 Å². The number of benzene rings is 1. The zero-order chi connectivity index (χ0) is 18.8. The number of nitrogens with zero attached hydrogens (tertiary/aromatic N) is 2. The number of methoxy groups -OCH3 is 1. The summed E-state index contributed by atoms with van der Waals surface area (Å²) < 4.78 is 5.24. The van der Waals surface area contributed by atoms with Crippen LogP contribution in [0.1, 0.15) is 39.8 Å². The Bertz CT molecular complexity index is 934. The minimum atomic E-state index is -0.0695. The van der Waals surface area contributed by atoms with E-state index in [9.17, 15) is 4.79 Å². The molecule has 1 atom stereocenters. The van der Waals surface area contributed by atoms with Gasteiger partial charge in [0, 0.05) is 6.20 Å². The van der Waals surface area contributed by atoms with Crippen LogP contribution in [0, 0.1) is 12.8 Å². The number of aryl methyl sites for hydroxylation is 1. The predicted octanol–water partition coefficient (Wildman–Crippen LogP) is 4.40. The molecule has 1 N–H and O–H groups in total. The minimum Gasteiger partial charge on any atom is -0.497 e. The molecule has 138 valence electrons. The lowest BCUT2D eigenvalue weighted by molar-refractivity contribution is 0.0935. The van der Waals surface area contributed by atoms with E-state index in [0.29, 0.717) is 10.8 Å². The molecule has 0 radical (unpaired) electrons. The Kier molecular flexibility index (Phi) is 4.90. The highest BCUT2D eigenvalue weighted by molar-refractivity contribution is 7.17. The second kappa shape index (κ2) is 7.48. The van der Waals surface area contributed by atoms with Crippen LogP contribution in [0.3, 0.4) is 0 Å². The Labute approximate surface area is 162 Å². The Morgan fingerprint density at radius 3 is 2.63 bits per heavy atom. The highest BCUT2D eigenvalue weighted by Gasteiger charge is 2.34. The van der Waals surface area contributed by atoms with Crippen molar-refractivity contribution < 1.29 is 9.53 Å². The first-order chi connectivity index (χ1) is 13.2. The van der Waals surface area contributed by atoms with E-state index in [2.05, 4.69) is 15.3 Å². The van der Waals surface area contributed by atoms with Gasteiger partial charge >= 0.3 is 0 Å². The Balaban J connectivity index is 1.56. The third-order valence-corrected chi connectivity index (χ3v) is 5.92. The number of carbonyl (C=O) groups excluding carboxylic acids is 1. The van der Waals surface area contributed by atoms with E-state index in [0.717, 1.165) is 40.6 Å². The quantitative estimate of drug-likeness (QED) is 0.689. The summed E-state index contributed by atoms with van der Waals surface area (Å²) in [5, 5.41) is 3.99. The number of thiazole rings is 1. The molecule has 1 aliphatic rings. The predicted molar refractivity (Wildman–Crippen MR) is 106 cm³/mol. The van der Waals surface area contributed by atoms with Crippen molar-refractivity contribution in [2.24, 2.45) is 5.92 Å². The lowest BCUT2D eigenvalue weighted by Gasteiger charge is -2.19. The Hall–Kier alpha value is -2.73. The van der Waals surface area contributed by atoms with Gasteiger partial charge in [0.05, 0.1) is 24.5 Å². The van der Waals surface area contributed by atoms with Gasteiger partial charge in [-0.3, -0.25) is 9.78 Å². The van der Waals surface area contributed by atoms with Crippen LogP contribution in [0.4, 0.5) is 0 Å². The molecular weight excluding hydrogens is 358 g/mol. The van der Waals surface area contributed by atoms with Gasteiger partial charge in [-0.25, -0.2) is 4.98 Å². The summed E-state index contributed by atoms with van der Waals surface area (Å²) >= 11 is 1.39. The van der Waals surface area contributed by atoms with Crippen molar-refractivity contribution in [2.75, 3.05) is 7.11 Å². The number of pyridine rings is 1. The van der Waals surface area contributed by atoms with Crippen molar-refractivity contribution >= 4 is 17.2 Å². The summed E-state index contributed by atoms with van der Waals surface area (Å²) in [6.45, 7) is 1.87. The maximum Gasteiger partial charge on any atom is 0.263 e. The van der Waals surface area contributed by atoms with Gasteiger partial charge in [-0.1, -0.05) is 18.2 Å². The average Bonchev–Trinajstić information content (AvgIpc) is 3.48. The van der Waals surface area contributed by atoms with Crippen molar-refractivity contribution in [3.63, 3.8) is 0 Å². The molecule has 0 aliphatic heterocycles. The van der Waals surface area contributed by atoms with Gasteiger partial charge in [-0.15, -0.1) is 11.3 Å². The number of ether oxygens (including phenoxy) is 1. The summed E-state index contributed by atoms with van der Waals surface area (Å²) in [4.78, 5) is 22.5. The van der Waals surface area contributed by atoms with Gasteiger partial charge in [0.25, 0.3) is 5.91 Å². The molecule has 5 nitrogen and oxygen atoms in total. The highest BCUT2D eigenvalue weighted by atomic mass is 32.1. The molecular formula is C21H21N3O2S. The molecule has 0 bridgehead atoms.